The maximum Gasteiger partial charge on any atom is 0.0775 e. The van der Waals surface area contributed by atoms with Crippen molar-refractivity contribution in [2.24, 2.45) is 23.2 Å². The summed E-state index contributed by atoms with van der Waals surface area (Å²) in [5, 5.41) is 3.73. The Kier molecular flexibility index (Phi) is 6.32. The Morgan fingerprint density at radius 1 is 1.11 bits per heavy atom. The largest absolute Gasteiger partial charge is 0.379 e. The molecule has 1 N–H and O–H groups in total. The molecule has 0 aromatic heterocycles. The van der Waals surface area contributed by atoms with E-state index >= 15 is 0 Å². The van der Waals surface area contributed by atoms with E-state index in [9.17, 15) is 0 Å². The Hall–Kier alpha value is -0.0800. The highest BCUT2D eigenvalue weighted by molar-refractivity contribution is 4.93. The van der Waals surface area contributed by atoms with Gasteiger partial charge in [0.2, 0.25) is 0 Å². The first-order chi connectivity index (χ1) is 8.79. The van der Waals surface area contributed by atoms with Crippen LogP contribution in [-0.2, 0) is 4.74 Å². The smallest absolute Gasteiger partial charge is 0.0775 e. The zero-order valence-electron chi connectivity index (χ0n) is 14.1. The van der Waals surface area contributed by atoms with Crippen molar-refractivity contribution in [1.29, 1.82) is 0 Å². The summed E-state index contributed by atoms with van der Waals surface area (Å²) in [5.74, 6) is 2.46. The van der Waals surface area contributed by atoms with Crippen molar-refractivity contribution < 1.29 is 4.74 Å². The quantitative estimate of drug-likeness (QED) is 0.811. The van der Waals surface area contributed by atoms with Crippen LogP contribution in [0.15, 0.2) is 0 Å². The molecule has 0 aromatic rings. The molecule has 1 saturated carbocycles. The highest BCUT2D eigenvalue weighted by Gasteiger charge is 2.39. The van der Waals surface area contributed by atoms with Crippen molar-refractivity contribution in [2.75, 3.05) is 13.7 Å². The van der Waals surface area contributed by atoms with Gasteiger partial charge in [0.05, 0.1) is 6.10 Å². The number of likely N-dealkylation sites (N-methyl/N-ethyl adjacent to an activating group) is 1. The van der Waals surface area contributed by atoms with Gasteiger partial charge < -0.3 is 10.1 Å². The molecule has 0 amide bonds. The van der Waals surface area contributed by atoms with Gasteiger partial charge in [-0.3, -0.25) is 0 Å². The minimum absolute atomic E-state index is 0.186. The summed E-state index contributed by atoms with van der Waals surface area (Å²) in [7, 11) is 1.87. The van der Waals surface area contributed by atoms with Gasteiger partial charge >= 0.3 is 0 Å². The van der Waals surface area contributed by atoms with Gasteiger partial charge in [-0.25, -0.2) is 0 Å². The lowest BCUT2D eigenvalue weighted by Crippen LogP contribution is -2.53. The van der Waals surface area contributed by atoms with Crippen molar-refractivity contribution >= 4 is 0 Å². The molecule has 2 nitrogen and oxygen atoms in total. The summed E-state index contributed by atoms with van der Waals surface area (Å²) in [6.07, 6.45) is 4.37. The summed E-state index contributed by atoms with van der Waals surface area (Å²) < 4.78 is 5.89. The van der Waals surface area contributed by atoms with Gasteiger partial charge in [0.15, 0.2) is 0 Å². The molecule has 1 rings (SSSR count). The first-order valence-electron chi connectivity index (χ1n) is 8.05. The summed E-state index contributed by atoms with van der Waals surface area (Å²) >= 11 is 0. The van der Waals surface area contributed by atoms with Crippen molar-refractivity contribution in [1.82, 2.24) is 5.32 Å². The van der Waals surface area contributed by atoms with Crippen molar-refractivity contribution in [3.8, 4) is 0 Å². The second-order valence-electron chi connectivity index (χ2n) is 7.78. The number of methoxy groups -OCH3 is 1. The standard InChI is InChI=1S/C17H35NO/c1-8-18-15(16(19-7)17(4,5)6)14-10-12(2)9-13(3)11-14/h12-16,18H,8-11H2,1-7H3. The molecular weight excluding hydrogens is 234 g/mol. The van der Waals surface area contributed by atoms with Gasteiger partial charge in [-0.2, -0.15) is 0 Å². The SMILES string of the molecule is CCNC(C1CC(C)CC(C)C1)C(OC)C(C)(C)C. The van der Waals surface area contributed by atoms with Crippen LogP contribution in [0.3, 0.4) is 0 Å². The van der Waals surface area contributed by atoms with E-state index in [2.05, 4.69) is 46.9 Å². The van der Waals surface area contributed by atoms with Crippen molar-refractivity contribution in [3.63, 3.8) is 0 Å². The van der Waals surface area contributed by atoms with Crippen LogP contribution in [0, 0.1) is 23.2 Å². The highest BCUT2D eigenvalue weighted by Crippen LogP contribution is 2.38. The minimum atomic E-state index is 0.186. The Balaban J connectivity index is 2.85. The fourth-order valence-electron chi connectivity index (χ4n) is 4.10. The Morgan fingerprint density at radius 2 is 1.63 bits per heavy atom. The van der Waals surface area contributed by atoms with Gasteiger partial charge in [0.25, 0.3) is 0 Å². The number of hydrogen-bond acceptors (Lipinski definition) is 2. The molecule has 0 aliphatic heterocycles. The summed E-state index contributed by atoms with van der Waals surface area (Å²) in [4.78, 5) is 0. The summed E-state index contributed by atoms with van der Waals surface area (Å²) in [5.41, 5.74) is 0.186. The molecule has 4 atom stereocenters. The number of nitrogens with one attached hydrogen (secondary N) is 1. The summed E-state index contributed by atoms with van der Waals surface area (Å²) in [6.45, 7) is 14.9. The molecule has 1 aliphatic rings. The maximum absolute atomic E-state index is 5.89. The van der Waals surface area contributed by atoms with Gasteiger partial charge in [-0.05, 0) is 49.0 Å². The Morgan fingerprint density at radius 3 is 2.00 bits per heavy atom. The lowest BCUT2D eigenvalue weighted by Gasteiger charge is -2.44. The molecule has 0 heterocycles. The topological polar surface area (TPSA) is 21.3 Å². The summed E-state index contributed by atoms with van der Waals surface area (Å²) in [6, 6.07) is 0.486. The highest BCUT2D eigenvalue weighted by atomic mass is 16.5. The van der Waals surface area contributed by atoms with E-state index in [0.29, 0.717) is 6.04 Å². The molecule has 114 valence electrons. The fourth-order valence-corrected chi connectivity index (χ4v) is 4.10. The molecule has 0 saturated heterocycles. The predicted octanol–water partition coefficient (Wildman–Crippen LogP) is 4.10. The first kappa shape index (κ1) is 17.0. The molecule has 0 radical (unpaired) electrons. The van der Waals surface area contributed by atoms with Gasteiger partial charge in [-0.1, -0.05) is 41.5 Å². The third-order valence-electron chi connectivity index (χ3n) is 4.60. The lowest BCUT2D eigenvalue weighted by molar-refractivity contribution is -0.0362. The molecule has 1 fully saturated rings. The molecular formula is C17H35NO. The number of rotatable bonds is 5. The van der Waals surface area contributed by atoms with Crippen molar-refractivity contribution in [2.45, 2.75) is 73.0 Å². The second kappa shape index (κ2) is 7.08. The molecule has 19 heavy (non-hydrogen) atoms. The molecule has 2 heteroatoms. The van der Waals surface area contributed by atoms with Crippen LogP contribution >= 0.6 is 0 Å². The molecule has 0 spiro atoms. The molecule has 4 unspecified atom stereocenters. The van der Waals surface area contributed by atoms with Crippen molar-refractivity contribution in [3.05, 3.63) is 0 Å². The average Bonchev–Trinajstić information content (AvgIpc) is 2.25. The third-order valence-corrected chi connectivity index (χ3v) is 4.60. The zero-order chi connectivity index (χ0) is 14.6. The average molecular weight is 269 g/mol. The fraction of sp³-hybridized carbons (Fsp3) is 1.00. The Bertz CT molecular complexity index is 248. The molecule has 0 aromatic carbocycles. The van der Waals surface area contributed by atoms with Crippen LogP contribution in [0.4, 0.5) is 0 Å². The third kappa shape index (κ3) is 4.75. The first-order valence-corrected chi connectivity index (χ1v) is 8.05. The van der Waals surface area contributed by atoms with Crippen LogP contribution in [0.2, 0.25) is 0 Å². The minimum Gasteiger partial charge on any atom is -0.379 e. The monoisotopic (exact) mass is 269 g/mol. The second-order valence-corrected chi connectivity index (χ2v) is 7.78. The van der Waals surface area contributed by atoms with Gasteiger partial charge in [0, 0.05) is 13.2 Å². The van der Waals surface area contributed by atoms with Crippen LogP contribution in [0.5, 0.6) is 0 Å². The zero-order valence-corrected chi connectivity index (χ0v) is 14.1. The van der Waals surface area contributed by atoms with E-state index in [4.69, 9.17) is 4.74 Å². The lowest BCUT2D eigenvalue weighted by atomic mass is 9.69. The maximum atomic E-state index is 5.89. The van der Waals surface area contributed by atoms with E-state index in [1.165, 1.54) is 19.3 Å². The van der Waals surface area contributed by atoms with Crippen LogP contribution < -0.4 is 5.32 Å². The normalized spacial score (nSPS) is 32.1. The van der Waals surface area contributed by atoms with Crippen LogP contribution in [0.1, 0.15) is 60.8 Å². The van der Waals surface area contributed by atoms with E-state index < -0.39 is 0 Å². The molecule has 1 aliphatic carbocycles. The van der Waals surface area contributed by atoms with Crippen LogP contribution in [0.25, 0.3) is 0 Å². The van der Waals surface area contributed by atoms with E-state index in [-0.39, 0.29) is 11.5 Å². The number of ether oxygens (including phenoxy) is 1. The van der Waals surface area contributed by atoms with E-state index in [0.717, 1.165) is 24.3 Å². The predicted molar refractivity (Wildman–Crippen MR) is 83.4 cm³/mol. The molecule has 0 bridgehead atoms. The Labute approximate surface area is 120 Å². The number of hydrogen-bond donors (Lipinski definition) is 1. The van der Waals surface area contributed by atoms with E-state index in [1.54, 1.807) is 0 Å². The van der Waals surface area contributed by atoms with E-state index in [1.807, 2.05) is 7.11 Å². The van der Waals surface area contributed by atoms with Gasteiger partial charge in [0.1, 0.15) is 0 Å². The van der Waals surface area contributed by atoms with Crippen LogP contribution in [-0.4, -0.2) is 25.8 Å². The van der Waals surface area contributed by atoms with Gasteiger partial charge in [-0.15, -0.1) is 0 Å².